The molecule has 2 amide bonds. The number of hydrazone groups is 1. The maximum absolute atomic E-state index is 11.6. The molecule has 0 bridgehead atoms. The average Bonchev–Trinajstić information content (AvgIpc) is 2.73. The molecule has 0 fully saturated rings. The van der Waals surface area contributed by atoms with E-state index >= 15 is 0 Å². The van der Waals surface area contributed by atoms with Crippen molar-refractivity contribution >= 4 is 24.0 Å². The summed E-state index contributed by atoms with van der Waals surface area (Å²) in [5, 5.41) is 15.4. The normalized spacial score (nSPS) is 10.5. The van der Waals surface area contributed by atoms with Gasteiger partial charge in [-0.05, 0) is 29.3 Å². The van der Waals surface area contributed by atoms with Crippen LogP contribution in [0, 0.1) is 0 Å². The monoisotopic (exact) mass is 399 g/mol. The van der Waals surface area contributed by atoms with Crippen LogP contribution in [0.5, 0.6) is 5.75 Å². The molecule has 2 aromatic rings. The highest BCUT2D eigenvalue weighted by atomic mass is 16.5. The van der Waals surface area contributed by atoms with Gasteiger partial charge in [0.25, 0.3) is 0 Å². The number of carbonyl (C=O) groups is 3. The number of ether oxygens (including phenoxy) is 2. The van der Waals surface area contributed by atoms with E-state index in [-0.39, 0.29) is 31.1 Å². The lowest BCUT2D eigenvalue weighted by atomic mass is 10.1. The molecule has 0 atom stereocenters. The summed E-state index contributed by atoms with van der Waals surface area (Å²) in [5.41, 5.74) is 3.33. The third-order valence-corrected chi connectivity index (χ3v) is 3.65. The van der Waals surface area contributed by atoms with E-state index in [9.17, 15) is 19.5 Å². The van der Waals surface area contributed by atoms with Crippen molar-refractivity contribution in [3.8, 4) is 5.75 Å². The lowest BCUT2D eigenvalue weighted by molar-refractivity contribution is -0.139. The van der Waals surface area contributed by atoms with Crippen LogP contribution in [0.3, 0.4) is 0 Å². The molecule has 0 aliphatic rings. The lowest BCUT2D eigenvalue weighted by Gasteiger charge is -2.10. The molecule has 3 N–H and O–H groups in total. The molecule has 2 rings (SSSR count). The zero-order valence-corrected chi connectivity index (χ0v) is 15.8. The molecule has 2 aromatic carbocycles. The minimum atomic E-state index is -1.16. The molecular formula is C20H21N3O6. The fourth-order valence-electron chi connectivity index (χ4n) is 2.22. The van der Waals surface area contributed by atoms with E-state index < -0.39 is 17.8 Å². The minimum absolute atomic E-state index is 0.0477. The zero-order valence-electron chi connectivity index (χ0n) is 15.8. The molecule has 9 nitrogen and oxygen atoms in total. The van der Waals surface area contributed by atoms with Crippen LogP contribution < -0.4 is 15.5 Å². The van der Waals surface area contributed by atoms with Gasteiger partial charge < -0.3 is 19.9 Å². The van der Waals surface area contributed by atoms with Gasteiger partial charge in [-0.1, -0.05) is 30.3 Å². The van der Waals surface area contributed by atoms with Crippen LogP contribution in [0.2, 0.25) is 0 Å². The highest BCUT2D eigenvalue weighted by Crippen LogP contribution is 2.21. The third-order valence-electron chi connectivity index (χ3n) is 3.65. The van der Waals surface area contributed by atoms with Gasteiger partial charge in [-0.15, -0.1) is 0 Å². The van der Waals surface area contributed by atoms with Crippen LogP contribution in [-0.4, -0.2) is 49.4 Å². The number of carboxylic acid groups (broad SMARTS) is 1. The topological polar surface area (TPSA) is 126 Å². The van der Waals surface area contributed by atoms with Crippen molar-refractivity contribution in [1.82, 2.24) is 10.7 Å². The summed E-state index contributed by atoms with van der Waals surface area (Å²) in [4.78, 5) is 34.6. The third kappa shape index (κ3) is 7.07. The Morgan fingerprint density at radius 2 is 1.86 bits per heavy atom. The van der Waals surface area contributed by atoms with Gasteiger partial charge in [0.05, 0.1) is 12.8 Å². The smallest absolute Gasteiger partial charge is 0.339 e. The first-order valence-corrected chi connectivity index (χ1v) is 8.65. The fourth-order valence-corrected chi connectivity index (χ4v) is 2.22. The van der Waals surface area contributed by atoms with Crippen LogP contribution in [0.4, 0.5) is 0 Å². The van der Waals surface area contributed by atoms with Crippen molar-refractivity contribution in [3.05, 3.63) is 65.2 Å². The summed E-state index contributed by atoms with van der Waals surface area (Å²) < 4.78 is 10.4. The maximum Gasteiger partial charge on any atom is 0.339 e. The van der Waals surface area contributed by atoms with E-state index in [1.54, 1.807) is 6.07 Å². The number of methoxy groups -OCH3 is 1. The first-order chi connectivity index (χ1) is 14.0. The maximum atomic E-state index is 11.6. The number of nitrogens with zero attached hydrogens (tertiary/aromatic N) is 1. The van der Waals surface area contributed by atoms with Crippen LogP contribution >= 0.6 is 0 Å². The molecule has 0 saturated heterocycles. The molecule has 29 heavy (non-hydrogen) atoms. The van der Waals surface area contributed by atoms with Gasteiger partial charge in [-0.2, -0.15) is 5.10 Å². The van der Waals surface area contributed by atoms with Crippen LogP contribution in [0.1, 0.15) is 21.5 Å². The Hall–Kier alpha value is -3.72. The Bertz CT molecular complexity index is 883. The standard InChI is InChI=1S/C20H21N3O6/c1-28-10-9-21-18(24)19(25)23-22-12-15-7-8-17(16(11-15)20(26)27)29-13-14-5-3-2-4-6-14/h2-8,11-12H,9-10,13H2,1H3,(H,21,24)(H,23,25)(H,26,27)/b22-12-. The summed E-state index contributed by atoms with van der Waals surface area (Å²) in [6, 6.07) is 13.8. The van der Waals surface area contributed by atoms with Crippen molar-refractivity contribution in [3.63, 3.8) is 0 Å². The highest BCUT2D eigenvalue weighted by molar-refractivity contribution is 6.35. The van der Waals surface area contributed by atoms with Gasteiger partial charge in [0.1, 0.15) is 17.9 Å². The van der Waals surface area contributed by atoms with Crippen molar-refractivity contribution in [2.24, 2.45) is 5.10 Å². The summed E-state index contributed by atoms with van der Waals surface area (Å²) in [5.74, 6) is -2.75. The lowest BCUT2D eigenvalue weighted by Crippen LogP contribution is -2.39. The van der Waals surface area contributed by atoms with Crippen molar-refractivity contribution < 1.29 is 29.0 Å². The molecule has 0 aliphatic carbocycles. The van der Waals surface area contributed by atoms with E-state index in [1.165, 1.54) is 25.5 Å². The molecule has 0 aromatic heterocycles. The molecule has 0 unspecified atom stereocenters. The quantitative estimate of drug-likeness (QED) is 0.252. The van der Waals surface area contributed by atoms with Gasteiger partial charge in [0.15, 0.2) is 0 Å². The zero-order chi connectivity index (χ0) is 21.1. The Labute approximate surface area is 167 Å². The first-order valence-electron chi connectivity index (χ1n) is 8.65. The first kappa shape index (κ1) is 21.6. The largest absolute Gasteiger partial charge is 0.488 e. The summed E-state index contributed by atoms with van der Waals surface area (Å²) >= 11 is 0. The van der Waals surface area contributed by atoms with Gasteiger partial charge >= 0.3 is 17.8 Å². The second-order valence-corrected chi connectivity index (χ2v) is 5.78. The van der Waals surface area contributed by atoms with E-state index in [0.717, 1.165) is 5.56 Å². The predicted octanol–water partition coefficient (Wildman–Crippen LogP) is 1.18. The van der Waals surface area contributed by atoms with Crippen molar-refractivity contribution in [1.29, 1.82) is 0 Å². The van der Waals surface area contributed by atoms with E-state index in [4.69, 9.17) is 9.47 Å². The van der Waals surface area contributed by atoms with Gasteiger partial charge in [-0.3, -0.25) is 9.59 Å². The Morgan fingerprint density at radius 1 is 1.10 bits per heavy atom. The Kier molecular flexibility index (Phi) is 8.33. The van der Waals surface area contributed by atoms with Crippen LogP contribution in [-0.2, 0) is 20.9 Å². The summed E-state index contributed by atoms with van der Waals surface area (Å²) in [7, 11) is 1.47. The van der Waals surface area contributed by atoms with Crippen LogP contribution in [0.15, 0.2) is 53.6 Å². The highest BCUT2D eigenvalue weighted by Gasteiger charge is 2.13. The van der Waals surface area contributed by atoms with E-state index in [2.05, 4.69) is 15.8 Å². The van der Waals surface area contributed by atoms with Crippen molar-refractivity contribution in [2.75, 3.05) is 20.3 Å². The molecule has 9 heteroatoms. The molecule has 0 heterocycles. The summed E-state index contributed by atoms with van der Waals surface area (Å²) in [6.45, 7) is 0.695. The van der Waals surface area contributed by atoms with E-state index in [0.29, 0.717) is 5.56 Å². The molecule has 0 radical (unpaired) electrons. The molecule has 152 valence electrons. The second kappa shape index (κ2) is 11.2. The number of carbonyl (C=O) groups excluding carboxylic acids is 2. The second-order valence-electron chi connectivity index (χ2n) is 5.78. The minimum Gasteiger partial charge on any atom is -0.488 e. The number of benzene rings is 2. The molecular weight excluding hydrogens is 378 g/mol. The molecule has 0 saturated carbocycles. The van der Waals surface area contributed by atoms with Gasteiger partial charge in [0, 0.05) is 13.7 Å². The van der Waals surface area contributed by atoms with Crippen LogP contribution in [0.25, 0.3) is 0 Å². The van der Waals surface area contributed by atoms with E-state index in [1.807, 2.05) is 30.3 Å². The van der Waals surface area contributed by atoms with Gasteiger partial charge in [0.2, 0.25) is 0 Å². The number of amides is 2. The SMILES string of the molecule is COCCNC(=O)C(=O)N/N=C\c1ccc(OCc2ccccc2)c(C(=O)O)c1. The Balaban J connectivity index is 1.98. The molecule has 0 spiro atoms. The number of aromatic carboxylic acids is 1. The number of carboxylic acids is 1. The molecule has 0 aliphatic heterocycles. The average molecular weight is 399 g/mol. The van der Waals surface area contributed by atoms with Crippen molar-refractivity contribution in [2.45, 2.75) is 6.61 Å². The Morgan fingerprint density at radius 3 is 2.55 bits per heavy atom. The predicted molar refractivity (Wildman–Crippen MR) is 105 cm³/mol. The fraction of sp³-hybridized carbons (Fsp3) is 0.200. The number of hydrogen-bond donors (Lipinski definition) is 3. The number of rotatable bonds is 9. The number of nitrogens with one attached hydrogen (secondary N) is 2. The summed E-state index contributed by atoms with van der Waals surface area (Å²) in [6.07, 6.45) is 1.23. The van der Waals surface area contributed by atoms with Gasteiger partial charge in [-0.25, -0.2) is 10.2 Å². The number of hydrogen-bond acceptors (Lipinski definition) is 6.